The van der Waals surface area contributed by atoms with Gasteiger partial charge in [0.05, 0.1) is 10.6 Å². The van der Waals surface area contributed by atoms with Crippen molar-refractivity contribution in [3.8, 4) is 0 Å². The number of ketones is 1. The second-order valence-corrected chi connectivity index (χ2v) is 7.34. The van der Waals surface area contributed by atoms with E-state index in [2.05, 4.69) is 5.32 Å². The summed E-state index contributed by atoms with van der Waals surface area (Å²) in [7, 11) is 0. The first-order valence-corrected chi connectivity index (χ1v) is 9.76. The van der Waals surface area contributed by atoms with Gasteiger partial charge in [-0.2, -0.15) is 0 Å². The van der Waals surface area contributed by atoms with Crippen molar-refractivity contribution < 1.29 is 23.9 Å². The zero-order valence-corrected chi connectivity index (χ0v) is 16.2. The van der Waals surface area contributed by atoms with Crippen LogP contribution in [0.5, 0.6) is 0 Å². The Labute approximate surface area is 166 Å². The summed E-state index contributed by atoms with van der Waals surface area (Å²) in [6, 6.07) is 9.42. The molecule has 1 fully saturated rings. The molecule has 1 saturated heterocycles. The minimum Gasteiger partial charge on any atom is -0.454 e. The van der Waals surface area contributed by atoms with E-state index in [1.54, 1.807) is 41.8 Å². The SMILES string of the molecule is CC(=O)c1ccccc1NC(=O)COC(=O)[C@@H]1CCCN1C(=O)c1cccs1. The molecule has 1 aliphatic rings. The summed E-state index contributed by atoms with van der Waals surface area (Å²) in [6.07, 6.45) is 1.21. The molecule has 1 aromatic carbocycles. The van der Waals surface area contributed by atoms with Crippen LogP contribution in [0.1, 0.15) is 39.8 Å². The summed E-state index contributed by atoms with van der Waals surface area (Å²) in [6.45, 7) is 1.40. The molecule has 2 amide bonds. The smallest absolute Gasteiger partial charge is 0.329 e. The van der Waals surface area contributed by atoms with Gasteiger partial charge in [-0.3, -0.25) is 14.4 Å². The highest BCUT2D eigenvalue weighted by Crippen LogP contribution is 2.23. The molecule has 146 valence electrons. The summed E-state index contributed by atoms with van der Waals surface area (Å²) in [5.74, 6) is -1.52. The van der Waals surface area contributed by atoms with Gasteiger partial charge in [-0.15, -0.1) is 11.3 Å². The van der Waals surface area contributed by atoms with Gasteiger partial charge in [0.25, 0.3) is 11.8 Å². The predicted octanol–water partition coefficient (Wildman–Crippen LogP) is 2.74. The Balaban J connectivity index is 1.57. The molecule has 0 aliphatic carbocycles. The van der Waals surface area contributed by atoms with Gasteiger partial charge in [-0.25, -0.2) is 4.79 Å². The first kappa shape index (κ1) is 19.8. The second-order valence-electron chi connectivity index (χ2n) is 6.39. The van der Waals surface area contributed by atoms with Crippen LogP contribution in [0.25, 0.3) is 0 Å². The van der Waals surface area contributed by atoms with E-state index >= 15 is 0 Å². The van der Waals surface area contributed by atoms with Crippen LogP contribution in [-0.4, -0.2) is 47.7 Å². The number of nitrogens with zero attached hydrogens (tertiary/aromatic N) is 1. The maximum atomic E-state index is 12.5. The standard InChI is InChI=1S/C20H20N2O5S/c1-13(23)14-6-2-3-7-15(14)21-18(24)12-27-20(26)16-8-4-10-22(16)19(25)17-9-5-11-28-17/h2-3,5-7,9,11,16H,4,8,10,12H2,1H3,(H,21,24)/t16-/m0/s1. The molecule has 1 atom stereocenters. The van der Waals surface area contributed by atoms with Crippen molar-refractivity contribution in [1.82, 2.24) is 4.90 Å². The number of carbonyl (C=O) groups excluding carboxylic acids is 4. The number of anilines is 1. The van der Waals surface area contributed by atoms with E-state index in [4.69, 9.17) is 4.74 Å². The van der Waals surface area contributed by atoms with Crippen molar-refractivity contribution in [2.24, 2.45) is 0 Å². The summed E-state index contributed by atoms with van der Waals surface area (Å²) in [4.78, 5) is 50.7. The Bertz CT molecular complexity index is 894. The minimum absolute atomic E-state index is 0.179. The Kier molecular flexibility index (Phi) is 6.20. The van der Waals surface area contributed by atoms with Crippen LogP contribution in [0.3, 0.4) is 0 Å². The summed E-state index contributed by atoms with van der Waals surface area (Å²) in [5.41, 5.74) is 0.747. The number of para-hydroxylation sites is 1. The maximum absolute atomic E-state index is 12.5. The Morgan fingerprint density at radius 2 is 1.96 bits per heavy atom. The lowest BCUT2D eigenvalue weighted by atomic mass is 10.1. The molecule has 3 rings (SSSR count). The molecule has 0 saturated carbocycles. The van der Waals surface area contributed by atoms with Crippen molar-refractivity contribution in [2.45, 2.75) is 25.8 Å². The minimum atomic E-state index is -0.688. The van der Waals surface area contributed by atoms with E-state index in [0.717, 1.165) is 0 Å². The number of esters is 1. The van der Waals surface area contributed by atoms with Crippen LogP contribution in [-0.2, 0) is 14.3 Å². The fourth-order valence-corrected chi connectivity index (χ4v) is 3.79. The molecule has 1 N–H and O–H groups in total. The lowest BCUT2D eigenvalue weighted by Gasteiger charge is -2.22. The number of ether oxygens (including phenoxy) is 1. The number of likely N-dealkylation sites (tertiary alicyclic amines) is 1. The second kappa shape index (κ2) is 8.79. The number of nitrogens with one attached hydrogen (secondary N) is 1. The molecule has 8 heteroatoms. The van der Waals surface area contributed by atoms with Gasteiger partial charge in [0.1, 0.15) is 6.04 Å². The normalized spacial score (nSPS) is 15.9. The molecule has 1 aliphatic heterocycles. The van der Waals surface area contributed by atoms with E-state index in [1.165, 1.54) is 23.2 Å². The molecular formula is C20H20N2O5S. The summed E-state index contributed by atoms with van der Waals surface area (Å²) in [5, 5.41) is 4.38. The van der Waals surface area contributed by atoms with Gasteiger partial charge in [0.2, 0.25) is 0 Å². The number of hydrogen-bond donors (Lipinski definition) is 1. The quantitative estimate of drug-likeness (QED) is 0.595. The van der Waals surface area contributed by atoms with Gasteiger partial charge in [0.15, 0.2) is 12.4 Å². The van der Waals surface area contributed by atoms with Crippen LogP contribution >= 0.6 is 11.3 Å². The number of rotatable bonds is 6. The van der Waals surface area contributed by atoms with E-state index < -0.39 is 24.5 Å². The summed E-state index contributed by atoms with van der Waals surface area (Å²) >= 11 is 1.32. The highest BCUT2D eigenvalue weighted by atomic mass is 32.1. The number of hydrogen-bond acceptors (Lipinski definition) is 6. The van der Waals surface area contributed by atoms with Crippen molar-refractivity contribution in [3.63, 3.8) is 0 Å². The third kappa shape index (κ3) is 4.45. The number of amides is 2. The lowest BCUT2D eigenvalue weighted by Crippen LogP contribution is -2.41. The average Bonchev–Trinajstić information content (AvgIpc) is 3.37. The molecule has 0 spiro atoms. The van der Waals surface area contributed by atoms with Crippen LogP contribution in [0.15, 0.2) is 41.8 Å². The molecule has 0 bridgehead atoms. The van der Waals surface area contributed by atoms with Gasteiger partial charge in [-0.1, -0.05) is 18.2 Å². The first-order valence-electron chi connectivity index (χ1n) is 8.88. The average molecular weight is 400 g/mol. The van der Waals surface area contributed by atoms with Gasteiger partial charge in [-0.05, 0) is 43.3 Å². The van der Waals surface area contributed by atoms with E-state index in [0.29, 0.717) is 35.5 Å². The highest BCUT2D eigenvalue weighted by Gasteiger charge is 2.36. The summed E-state index contributed by atoms with van der Waals surface area (Å²) < 4.78 is 5.13. The number of benzene rings is 1. The zero-order chi connectivity index (χ0) is 20.1. The van der Waals surface area contributed by atoms with Gasteiger partial charge >= 0.3 is 5.97 Å². The van der Waals surface area contributed by atoms with E-state index in [-0.39, 0.29) is 11.7 Å². The monoisotopic (exact) mass is 400 g/mol. The molecule has 1 aromatic heterocycles. The Morgan fingerprint density at radius 1 is 1.18 bits per heavy atom. The highest BCUT2D eigenvalue weighted by molar-refractivity contribution is 7.12. The maximum Gasteiger partial charge on any atom is 0.329 e. The third-order valence-corrected chi connectivity index (χ3v) is 5.30. The van der Waals surface area contributed by atoms with Crippen LogP contribution < -0.4 is 5.32 Å². The van der Waals surface area contributed by atoms with Crippen molar-refractivity contribution in [3.05, 3.63) is 52.2 Å². The lowest BCUT2D eigenvalue weighted by molar-refractivity contribution is -0.151. The van der Waals surface area contributed by atoms with Crippen molar-refractivity contribution in [2.75, 3.05) is 18.5 Å². The van der Waals surface area contributed by atoms with Crippen molar-refractivity contribution >= 4 is 40.6 Å². The topological polar surface area (TPSA) is 92.8 Å². The van der Waals surface area contributed by atoms with Gasteiger partial charge < -0.3 is 15.0 Å². The molecule has 2 aromatic rings. The van der Waals surface area contributed by atoms with Crippen LogP contribution in [0, 0.1) is 0 Å². The molecule has 0 unspecified atom stereocenters. The number of carbonyl (C=O) groups is 4. The Hall–Kier alpha value is -3.00. The number of Topliss-reactive ketones (excluding diaryl/α,β-unsaturated/α-hetero) is 1. The van der Waals surface area contributed by atoms with Crippen LogP contribution in [0.4, 0.5) is 5.69 Å². The first-order chi connectivity index (χ1) is 13.5. The van der Waals surface area contributed by atoms with Crippen LogP contribution in [0.2, 0.25) is 0 Å². The third-order valence-electron chi connectivity index (χ3n) is 4.44. The van der Waals surface area contributed by atoms with Crippen molar-refractivity contribution in [1.29, 1.82) is 0 Å². The Morgan fingerprint density at radius 3 is 2.68 bits per heavy atom. The fourth-order valence-electron chi connectivity index (χ4n) is 3.11. The molecule has 0 radical (unpaired) electrons. The van der Waals surface area contributed by atoms with E-state index in [9.17, 15) is 19.2 Å². The number of thiophene rings is 1. The largest absolute Gasteiger partial charge is 0.454 e. The van der Waals surface area contributed by atoms with Gasteiger partial charge in [0, 0.05) is 12.1 Å². The molecule has 7 nitrogen and oxygen atoms in total. The fraction of sp³-hybridized carbons (Fsp3) is 0.300. The zero-order valence-electron chi connectivity index (χ0n) is 15.3. The predicted molar refractivity (Wildman–Crippen MR) is 104 cm³/mol. The molecule has 28 heavy (non-hydrogen) atoms. The molecular weight excluding hydrogens is 380 g/mol. The molecule has 2 heterocycles. The van der Waals surface area contributed by atoms with E-state index in [1.807, 2.05) is 0 Å².